The molecule has 0 atom stereocenters. The van der Waals surface area contributed by atoms with Gasteiger partial charge >= 0.3 is 5.97 Å². The van der Waals surface area contributed by atoms with Crippen LogP contribution >= 0.6 is 0 Å². The number of esters is 1. The van der Waals surface area contributed by atoms with Gasteiger partial charge in [-0.05, 0) is 44.5 Å². The van der Waals surface area contributed by atoms with Gasteiger partial charge in [0.15, 0.2) is 6.61 Å². The van der Waals surface area contributed by atoms with E-state index in [1.54, 1.807) is 11.0 Å². The lowest BCUT2D eigenvalue weighted by Crippen LogP contribution is -2.42. The van der Waals surface area contributed by atoms with Gasteiger partial charge in [0, 0.05) is 30.2 Å². The van der Waals surface area contributed by atoms with Crippen LogP contribution in [0.25, 0.3) is 5.69 Å². The summed E-state index contributed by atoms with van der Waals surface area (Å²) in [4.78, 5) is 26.3. The third-order valence-electron chi connectivity index (χ3n) is 4.60. The summed E-state index contributed by atoms with van der Waals surface area (Å²) in [6.45, 7) is 7.75. The first kappa shape index (κ1) is 18.2. The molecule has 2 heterocycles. The van der Waals surface area contributed by atoms with Crippen LogP contribution in [0, 0.1) is 20.8 Å². The smallest absolute Gasteiger partial charge is 0.340 e. The Hall–Kier alpha value is -2.60. The SMILES string of the molecule is Cc1cccc(-n2c(C)cc(C(=O)OCC(=O)N3CCOCC3)c2C)c1. The largest absolute Gasteiger partial charge is 0.452 e. The van der Waals surface area contributed by atoms with Crippen LogP contribution in [0.4, 0.5) is 0 Å². The topological polar surface area (TPSA) is 60.8 Å². The molecule has 1 saturated heterocycles. The predicted molar refractivity (Wildman–Crippen MR) is 97.7 cm³/mol. The molecule has 26 heavy (non-hydrogen) atoms. The highest BCUT2D eigenvalue weighted by atomic mass is 16.5. The van der Waals surface area contributed by atoms with Gasteiger partial charge in [0.1, 0.15) is 0 Å². The Morgan fingerprint density at radius 2 is 1.85 bits per heavy atom. The highest BCUT2D eigenvalue weighted by Crippen LogP contribution is 2.22. The maximum Gasteiger partial charge on any atom is 0.340 e. The second-order valence-electron chi connectivity index (χ2n) is 6.53. The molecule has 1 fully saturated rings. The van der Waals surface area contributed by atoms with Crippen LogP contribution in [0.1, 0.15) is 27.3 Å². The minimum absolute atomic E-state index is 0.186. The third kappa shape index (κ3) is 3.80. The summed E-state index contributed by atoms with van der Waals surface area (Å²) in [5.74, 6) is -0.659. The van der Waals surface area contributed by atoms with Crippen molar-refractivity contribution in [2.75, 3.05) is 32.9 Å². The summed E-state index contributed by atoms with van der Waals surface area (Å²) in [5, 5.41) is 0. The molecule has 0 saturated carbocycles. The monoisotopic (exact) mass is 356 g/mol. The molecule has 1 aromatic carbocycles. The van der Waals surface area contributed by atoms with Crippen LogP contribution in [-0.4, -0.2) is 54.3 Å². The summed E-state index contributed by atoms with van der Waals surface area (Å²) >= 11 is 0. The van der Waals surface area contributed by atoms with Crippen molar-refractivity contribution in [3.8, 4) is 5.69 Å². The summed E-state index contributed by atoms with van der Waals surface area (Å²) in [6, 6.07) is 9.90. The fraction of sp³-hybridized carbons (Fsp3) is 0.400. The number of morpholine rings is 1. The van der Waals surface area contributed by atoms with Crippen molar-refractivity contribution in [3.05, 3.63) is 52.8 Å². The molecule has 0 bridgehead atoms. The second kappa shape index (κ2) is 7.74. The van der Waals surface area contributed by atoms with Crippen molar-refractivity contribution >= 4 is 11.9 Å². The maximum atomic E-state index is 12.5. The number of aryl methyl sites for hydroxylation is 2. The molecule has 138 valence electrons. The lowest BCUT2D eigenvalue weighted by Gasteiger charge is -2.26. The van der Waals surface area contributed by atoms with Crippen LogP contribution in [-0.2, 0) is 14.3 Å². The van der Waals surface area contributed by atoms with Gasteiger partial charge in [0.05, 0.1) is 18.8 Å². The molecule has 0 unspecified atom stereocenters. The highest BCUT2D eigenvalue weighted by molar-refractivity contribution is 5.93. The van der Waals surface area contributed by atoms with Crippen molar-refractivity contribution in [2.24, 2.45) is 0 Å². The first-order valence-electron chi connectivity index (χ1n) is 8.76. The van der Waals surface area contributed by atoms with Gasteiger partial charge in [-0.2, -0.15) is 0 Å². The number of benzene rings is 1. The number of amides is 1. The number of carbonyl (C=O) groups is 2. The third-order valence-corrected chi connectivity index (χ3v) is 4.60. The van der Waals surface area contributed by atoms with Gasteiger partial charge in [-0.1, -0.05) is 12.1 Å². The van der Waals surface area contributed by atoms with Crippen molar-refractivity contribution in [3.63, 3.8) is 0 Å². The Labute approximate surface area is 153 Å². The van der Waals surface area contributed by atoms with Crippen molar-refractivity contribution < 1.29 is 19.1 Å². The van der Waals surface area contributed by atoms with E-state index in [2.05, 4.69) is 6.07 Å². The van der Waals surface area contributed by atoms with E-state index in [0.717, 1.165) is 22.6 Å². The molecule has 1 amide bonds. The fourth-order valence-corrected chi connectivity index (χ4v) is 3.24. The van der Waals surface area contributed by atoms with Gasteiger partial charge in [-0.15, -0.1) is 0 Å². The molecule has 0 spiro atoms. The molecule has 1 aliphatic rings. The molecule has 0 aliphatic carbocycles. The van der Waals surface area contributed by atoms with Gasteiger partial charge in [0.2, 0.25) is 0 Å². The van der Waals surface area contributed by atoms with Crippen molar-refractivity contribution in [1.82, 2.24) is 9.47 Å². The first-order chi connectivity index (χ1) is 12.5. The molecule has 3 rings (SSSR count). The summed E-state index contributed by atoms with van der Waals surface area (Å²) < 4.78 is 12.5. The highest BCUT2D eigenvalue weighted by Gasteiger charge is 2.21. The molecule has 2 aromatic rings. The number of hydrogen-bond acceptors (Lipinski definition) is 4. The number of nitrogens with zero attached hydrogens (tertiary/aromatic N) is 2. The average Bonchev–Trinajstić information content (AvgIpc) is 2.94. The van der Waals surface area contributed by atoms with Crippen molar-refractivity contribution in [2.45, 2.75) is 20.8 Å². The molecule has 6 nitrogen and oxygen atoms in total. The molecule has 0 radical (unpaired) electrons. The molecular weight excluding hydrogens is 332 g/mol. The van der Waals surface area contributed by atoms with E-state index >= 15 is 0 Å². The minimum Gasteiger partial charge on any atom is -0.452 e. The van der Waals surface area contributed by atoms with Gasteiger partial charge in [-0.3, -0.25) is 4.79 Å². The number of ether oxygens (including phenoxy) is 2. The molecule has 6 heteroatoms. The quantitative estimate of drug-likeness (QED) is 0.790. The minimum atomic E-state index is -0.474. The van der Waals surface area contributed by atoms with Crippen molar-refractivity contribution in [1.29, 1.82) is 0 Å². The standard InChI is InChI=1S/C20H24N2O4/c1-14-5-4-6-17(11-14)22-15(2)12-18(16(22)3)20(24)26-13-19(23)21-7-9-25-10-8-21/h4-6,11-12H,7-10,13H2,1-3H3. The van der Waals surface area contributed by atoms with E-state index < -0.39 is 5.97 Å². The Morgan fingerprint density at radius 1 is 1.12 bits per heavy atom. The zero-order valence-electron chi connectivity index (χ0n) is 15.4. The van der Waals surface area contributed by atoms with Crippen LogP contribution in [0.3, 0.4) is 0 Å². The van der Waals surface area contributed by atoms with Gasteiger partial charge < -0.3 is 18.9 Å². The Balaban J connectivity index is 1.72. The molecule has 1 aliphatic heterocycles. The number of hydrogen-bond donors (Lipinski definition) is 0. The number of aromatic nitrogens is 1. The first-order valence-corrected chi connectivity index (χ1v) is 8.76. The van der Waals surface area contributed by atoms with Crippen LogP contribution < -0.4 is 0 Å². The molecule has 0 N–H and O–H groups in total. The molecular formula is C20H24N2O4. The Bertz CT molecular complexity index is 819. The van der Waals surface area contributed by atoms with E-state index in [4.69, 9.17) is 9.47 Å². The van der Waals surface area contributed by atoms with E-state index in [0.29, 0.717) is 31.9 Å². The number of carbonyl (C=O) groups excluding carboxylic acids is 2. The van der Waals surface area contributed by atoms with Crippen LogP contribution in [0.5, 0.6) is 0 Å². The Kier molecular flexibility index (Phi) is 5.42. The van der Waals surface area contributed by atoms with Crippen LogP contribution in [0.15, 0.2) is 30.3 Å². The summed E-state index contributed by atoms with van der Waals surface area (Å²) in [6.07, 6.45) is 0. The zero-order valence-corrected chi connectivity index (χ0v) is 15.4. The summed E-state index contributed by atoms with van der Waals surface area (Å²) in [5.41, 5.74) is 4.38. The van der Waals surface area contributed by atoms with Crippen LogP contribution in [0.2, 0.25) is 0 Å². The maximum absolute atomic E-state index is 12.5. The fourth-order valence-electron chi connectivity index (χ4n) is 3.24. The van der Waals surface area contributed by atoms with Gasteiger partial charge in [-0.25, -0.2) is 4.79 Å². The summed E-state index contributed by atoms with van der Waals surface area (Å²) in [7, 11) is 0. The zero-order chi connectivity index (χ0) is 18.7. The lowest BCUT2D eigenvalue weighted by molar-refractivity contribution is -0.138. The van der Waals surface area contributed by atoms with E-state index in [1.165, 1.54) is 0 Å². The number of rotatable bonds is 4. The van der Waals surface area contributed by atoms with E-state index in [1.807, 2.05) is 43.5 Å². The molecule has 1 aromatic heterocycles. The Morgan fingerprint density at radius 3 is 2.54 bits per heavy atom. The average molecular weight is 356 g/mol. The lowest BCUT2D eigenvalue weighted by atomic mass is 10.2. The predicted octanol–water partition coefficient (Wildman–Crippen LogP) is 2.42. The van der Waals surface area contributed by atoms with E-state index in [9.17, 15) is 9.59 Å². The second-order valence-corrected chi connectivity index (χ2v) is 6.53. The van der Waals surface area contributed by atoms with E-state index in [-0.39, 0.29) is 12.5 Å². The van der Waals surface area contributed by atoms with Gasteiger partial charge in [0.25, 0.3) is 5.91 Å². The normalized spacial score (nSPS) is 14.3.